The van der Waals surface area contributed by atoms with Crippen LogP contribution in [-0.2, 0) is 12.8 Å². The summed E-state index contributed by atoms with van der Waals surface area (Å²) in [6, 6.07) is 7.67. The van der Waals surface area contributed by atoms with Crippen molar-refractivity contribution in [2.24, 2.45) is 4.99 Å². The molecule has 0 amide bonds. The minimum Gasteiger partial charge on any atom is -0.486 e. The molecule has 0 saturated heterocycles. The normalized spacial score (nSPS) is 12.9. The van der Waals surface area contributed by atoms with Crippen molar-refractivity contribution in [2.45, 2.75) is 19.8 Å². The zero-order valence-corrected chi connectivity index (χ0v) is 20.1. The van der Waals surface area contributed by atoms with E-state index in [9.17, 15) is 0 Å². The Kier molecular flexibility index (Phi) is 10.1. The molecule has 6 nitrogen and oxygen atoms in total. The van der Waals surface area contributed by atoms with Crippen molar-refractivity contribution in [1.82, 2.24) is 15.6 Å². The zero-order chi connectivity index (χ0) is 19.8. The summed E-state index contributed by atoms with van der Waals surface area (Å²) >= 11 is 12.1. The van der Waals surface area contributed by atoms with Gasteiger partial charge in [-0.15, -0.1) is 24.0 Å². The molecule has 1 aliphatic rings. The molecule has 3 rings (SSSR count). The fourth-order valence-corrected chi connectivity index (χ4v) is 3.23. The summed E-state index contributed by atoms with van der Waals surface area (Å²) in [7, 11) is 0. The van der Waals surface area contributed by atoms with Crippen molar-refractivity contribution in [3.05, 3.63) is 51.8 Å². The van der Waals surface area contributed by atoms with Crippen molar-refractivity contribution in [2.75, 3.05) is 32.8 Å². The Morgan fingerprint density at radius 2 is 1.93 bits per heavy atom. The maximum atomic E-state index is 6.30. The molecule has 0 saturated carbocycles. The van der Waals surface area contributed by atoms with Gasteiger partial charge in [-0.2, -0.15) is 0 Å². The summed E-state index contributed by atoms with van der Waals surface area (Å²) in [6.07, 6.45) is 3.38. The number of pyridine rings is 1. The Balaban J connectivity index is 0.00000300. The zero-order valence-electron chi connectivity index (χ0n) is 16.2. The highest BCUT2D eigenvalue weighted by Gasteiger charge is 2.16. The van der Waals surface area contributed by atoms with Gasteiger partial charge in [0.25, 0.3) is 0 Å². The van der Waals surface area contributed by atoms with Crippen LogP contribution in [0.3, 0.4) is 0 Å². The topological polar surface area (TPSA) is 67.8 Å². The third-order valence-corrected chi connectivity index (χ3v) is 4.67. The average Bonchev–Trinajstić information content (AvgIpc) is 2.69. The number of guanidine groups is 1. The molecular weight excluding hydrogens is 526 g/mol. The summed E-state index contributed by atoms with van der Waals surface area (Å²) in [5.41, 5.74) is 2.19. The van der Waals surface area contributed by atoms with E-state index >= 15 is 0 Å². The number of halogens is 3. The average molecular weight is 551 g/mol. The fraction of sp³-hybridized carbons (Fsp3) is 0.400. The molecule has 0 bridgehead atoms. The van der Waals surface area contributed by atoms with Gasteiger partial charge in [0.15, 0.2) is 17.5 Å². The van der Waals surface area contributed by atoms with Gasteiger partial charge in [0, 0.05) is 25.8 Å². The number of nitrogens with zero attached hydrogens (tertiary/aromatic N) is 2. The molecule has 0 fully saturated rings. The van der Waals surface area contributed by atoms with Gasteiger partial charge >= 0.3 is 0 Å². The predicted molar refractivity (Wildman–Crippen MR) is 128 cm³/mol. The molecule has 0 atom stereocenters. The molecule has 1 aliphatic heterocycles. The Bertz CT molecular complexity index is 819. The first kappa shape index (κ1) is 23.8. The first-order valence-corrected chi connectivity index (χ1v) is 10.1. The number of ether oxygens (including phenoxy) is 2. The summed E-state index contributed by atoms with van der Waals surface area (Å²) in [4.78, 5) is 8.70. The Labute approximate surface area is 198 Å². The van der Waals surface area contributed by atoms with E-state index in [1.165, 1.54) is 0 Å². The largest absolute Gasteiger partial charge is 0.486 e. The number of hydrogen-bond acceptors (Lipinski definition) is 4. The van der Waals surface area contributed by atoms with E-state index in [-0.39, 0.29) is 24.0 Å². The second-order valence-electron chi connectivity index (χ2n) is 6.28. The van der Waals surface area contributed by atoms with Crippen LogP contribution < -0.4 is 20.1 Å². The Morgan fingerprint density at radius 1 is 1.10 bits per heavy atom. The van der Waals surface area contributed by atoms with E-state index < -0.39 is 0 Å². The molecule has 2 aromatic rings. The summed E-state index contributed by atoms with van der Waals surface area (Å²) in [6.45, 7) is 5.30. The van der Waals surface area contributed by atoms with Crippen molar-refractivity contribution in [1.29, 1.82) is 0 Å². The van der Waals surface area contributed by atoms with Crippen LogP contribution in [-0.4, -0.2) is 43.8 Å². The van der Waals surface area contributed by atoms with E-state index in [1.54, 1.807) is 12.3 Å². The van der Waals surface area contributed by atoms with Crippen LogP contribution in [0.4, 0.5) is 0 Å². The molecule has 0 radical (unpaired) electrons. The molecule has 9 heteroatoms. The van der Waals surface area contributed by atoms with E-state index in [1.807, 2.05) is 25.1 Å². The van der Waals surface area contributed by atoms with E-state index in [4.69, 9.17) is 32.7 Å². The van der Waals surface area contributed by atoms with Crippen LogP contribution in [0.5, 0.6) is 11.5 Å². The molecule has 0 unspecified atom stereocenters. The third kappa shape index (κ3) is 7.38. The molecule has 2 N–H and O–H groups in total. The summed E-state index contributed by atoms with van der Waals surface area (Å²) in [5, 5.41) is 7.70. The van der Waals surface area contributed by atoms with Gasteiger partial charge in [0.2, 0.25) is 0 Å². The smallest absolute Gasteiger partial charge is 0.191 e. The van der Waals surface area contributed by atoms with Crippen LogP contribution in [0.15, 0.2) is 35.5 Å². The van der Waals surface area contributed by atoms with Crippen molar-refractivity contribution in [3.63, 3.8) is 0 Å². The van der Waals surface area contributed by atoms with Crippen molar-refractivity contribution in [3.8, 4) is 11.5 Å². The van der Waals surface area contributed by atoms with Crippen LogP contribution in [0.1, 0.15) is 18.1 Å². The molecular formula is C20H25Cl2IN4O2. The monoisotopic (exact) mass is 550 g/mol. The number of benzene rings is 1. The maximum absolute atomic E-state index is 6.30. The summed E-state index contributed by atoms with van der Waals surface area (Å²) < 4.78 is 11.2. The minimum atomic E-state index is 0. The van der Waals surface area contributed by atoms with Gasteiger partial charge in [-0.25, -0.2) is 4.98 Å². The van der Waals surface area contributed by atoms with Crippen LogP contribution >= 0.6 is 47.2 Å². The van der Waals surface area contributed by atoms with Crippen molar-refractivity contribution >= 4 is 53.1 Å². The van der Waals surface area contributed by atoms with Crippen LogP contribution in [0.25, 0.3) is 0 Å². The molecule has 1 aromatic carbocycles. The second kappa shape index (κ2) is 12.3. The lowest BCUT2D eigenvalue weighted by Crippen LogP contribution is -2.38. The second-order valence-corrected chi connectivity index (χ2v) is 7.07. The Hall–Kier alpha value is -1.45. The first-order chi connectivity index (χ1) is 13.7. The number of rotatable bonds is 7. The lowest BCUT2D eigenvalue weighted by Gasteiger charge is -2.20. The van der Waals surface area contributed by atoms with E-state index in [2.05, 4.69) is 20.6 Å². The number of aromatic nitrogens is 1. The minimum absolute atomic E-state index is 0. The predicted octanol–water partition coefficient (Wildman–Crippen LogP) is 4.12. The highest BCUT2D eigenvalue weighted by molar-refractivity contribution is 14.0. The molecule has 29 heavy (non-hydrogen) atoms. The number of aliphatic imine (C=N–C) groups is 1. The molecule has 158 valence electrons. The number of hydrogen-bond donors (Lipinski definition) is 2. The molecule has 1 aromatic heterocycles. The SMILES string of the molecule is CCNC(=NCCc1ccc(Cl)nc1)NCCc1cc(Cl)c2c(c1)OCCO2.I. The molecule has 2 heterocycles. The van der Waals surface area contributed by atoms with Gasteiger partial charge < -0.3 is 20.1 Å². The van der Waals surface area contributed by atoms with Gasteiger partial charge in [-0.1, -0.05) is 29.3 Å². The summed E-state index contributed by atoms with van der Waals surface area (Å²) in [5.74, 6) is 2.13. The van der Waals surface area contributed by atoms with Gasteiger partial charge in [0.1, 0.15) is 18.4 Å². The van der Waals surface area contributed by atoms with Crippen LogP contribution in [0, 0.1) is 0 Å². The van der Waals surface area contributed by atoms with Gasteiger partial charge in [-0.05, 0) is 49.1 Å². The highest BCUT2D eigenvalue weighted by atomic mass is 127. The standard InChI is InChI=1S/C20H24Cl2N4O2.HI/c1-2-23-20(24-7-5-14-3-4-18(22)26-13-14)25-8-6-15-11-16(21)19-17(12-15)27-9-10-28-19;/h3-4,11-13H,2,5-10H2,1H3,(H2,23,24,25);1H. The molecule has 0 spiro atoms. The number of fused-ring (bicyclic) bond motifs is 1. The number of nitrogens with one attached hydrogen (secondary N) is 2. The Morgan fingerprint density at radius 3 is 2.69 bits per heavy atom. The van der Waals surface area contributed by atoms with E-state index in [0.29, 0.717) is 41.4 Å². The highest BCUT2D eigenvalue weighted by Crippen LogP contribution is 2.38. The maximum Gasteiger partial charge on any atom is 0.191 e. The van der Waals surface area contributed by atoms with Crippen LogP contribution in [0.2, 0.25) is 10.2 Å². The first-order valence-electron chi connectivity index (χ1n) is 9.36. The lowest BCUT2D eigenvalue weighted by molar-refractivity contribution is 0.171. The van der Waals surface area contributed by atoms with Crippen molar-refractivity contribution < 1.29 is 9.47 Å². The lowest BCUT2D eigenvalue weighted by atomic mass is 10.1. The molecule has 0 aliphatic carbocycles. The van der Waals surface area contributed by atoms with Gasteiger partial charge in [-0.3, -0.25) is 4.99 Å². The van der Waals surface area contributed by atoms with Gasteiger partial charge in [0.05, 0.1) is 5.02 Å². The quantitative estimate of drug-likeness (QED) is 0.235. The van der Waals surface area contributed by atoms with E-state index in [0.717, 1.165) is 43.0 Å². The third-order valence-electron chi connectivity index (χ3n) is 4.17. The fourth-order valence-electron chi connectivity index (χ4n) is 2.83.